The molecule has 0 saturated carbocycles. The Morgan fingerprint density at radius 1 is 1.12 bits per heavy atom. The van der Waals surface area contributed by atoms with Crippen molar-refractivity contribution in [3.63, 3.8) is 0 Å². The first-order valence-electron chi connectivity index (χ1n) is 6.41. The van der Waals surface area contributed by atoms with Crippen molar-refractivity contribution in [3.05, 3.63) is 35.4 Å². The summed E-state index contributed by atoms with van der Waals surface area (Å²) >= 11 is 2.05. The van der Waals surface area contributed by atoms with Crippen LogP contribution in [0.3, 0.4) is 0 Å². The average molecular weight is 249 g/mol. The molecule has 2 unspecified atom stereocenters. The molecule has 17 heavy (non-hydrogen) atoms. The van der Waals surface area contributed by atoms with Crippen LogP contribution in [-0.2, 0) is 5.41 Å². The van der Waals surface area contributed by atoms with E-state index >= 15 is 0 Å². The third-order valence-electron chi connectivity index (χ3n) is 3.32. The van der Waals surface area contributed by atoms with E-state index in [2.05, 4.69) is 69.0 Å². The molecule has 0 bridgehead atoms. The summed E-state index contributed by atoms with van der Waals surface area (Å²) in [5, 5.41) is 3.67. The summed E-state index contributed by atoms with van der Waals surface area (Å²) < 4.78 is 0. The maximum Gasteiger partial charge on any atom is 0.0414 e. The number of thioether (sulfide) groups is 1. The van der Waals surface area contributed by atoms with E-state index in [0.717, 1.165) is 0 Å². The Bertz CT molecular complexity index is 364. The molecule has 1 fully saturated rings. The summed E-state index contributed by atoms with van der Waals surface area (Å²) in [5.41, 5.74) is 3.09. The second-order valence-corrected chi connectivity index (χ2v) is 7.10. The molecule has 1 N–H and O–H groups in total. The van der Waals surface area contributed by atoms with Crippen LogP contribution in [0.15, 0.2) is 24.3 Å². The standard InChI is InChI=1S/C15H23NS/c1-11-9-17-10-14(16-11)12-5-7-13(8-6-12)15(2,3)4/h5-8,11,14,16H,9-10H2,1-4H3. The van der Waals surface area contributed by atoms with Crippen molar-refractivity contribution < 1.29 is 0 Å². The van der Waals surface area contributed by atoms with Gasteiger partial charge in [0, 0.05) is 23.6 Å². The van der Waals surface area contributed by atoms with Gasteiger partial charge < -0.3 is 5.32 Å². The first kappa shape index (κ1) is 13.0. The van der Waals surface area contributed by atoms with Gasteiger partial charge in [-0.3, -0.25) is 0 Å². The third-order valence-corrected chi connectivity index (χ3v) is 4.62. The Hall–Kier alpha value is -0.470. The van der Waals surface area contributed by atoms with E-state index in [9.17, 15) is 0 Å². The molecule has 1 saturated heterocycles. The SMILES string of the molecule is CC1CSCC(c2ccc(C(C)(C)C)cc2)N1. The maximum atomic E-state index is 3.67. The molecule has 1 heterocycles. The summed E-state index contributed by atoms with van der Waals surface area (Å²) in [4.78, 5) is 0. The van der Waals surface area contributed by atoms with E-state index in [-0.39, 0.29) is 5.41 Å². The van der Waals surface area contributed by atoms with E-state index < -0.39 is 0 Å². The fourth-order valence-corrected chi connectivity index (χ4v) is 3.32. The lowest BCUT2D eigenvalue weighted by Crippen LogP contribution is -2.37. The van der Waals surface area contributed by atoms with Crippen LogP contribution in [0.1, 0.15) is 44.9 Å². The highest BCUT2D eigenvalue weighted by Gasteiger charge is 2.20. The summed E-state index contributed by atoms with van der Waals surface area (Å²) in [6.07, 6.45) is 0. The molecular formula is C15H23NS. The van der Waals surface area contributed by atoms with E-state index in [1.165, 1.54) is 22.6 Å². The fraction of sp³-hybridized carbons (Fsp3) is 0.600. The quantitative estimate of drug-likeness (QED) is 0.813. The zero-order valence-corrected chi connectivity index (χ0v) is 12.1. The van der Waals surface area contributed by atoms with E-state index in [1.54, 1.807) is 0 Å². The third kappa shape index (κ3) is 3.26. The van der Waals surface area contributed by atoms with Gasteiger partial charge in [-0.05, 0) is 23.5 Å². The fourth-order valence-electron chi connectivity index (χ4n) is 2.21. The van der Waals surface area contributed by atoms with Crippen LogP contribution < -0.4 is 5.32 Å². The van der Waals surface area contributed by atoms with E-state index in [0.29, 0.717) is 12.1 Å². The second kappa shape index (κ2) is 5.03. The number of nitrogens with one attached hydrogen (secondary N) is 1. The molecule has 0 aromatic heterocycles. The monoisotopic (exact) mass is 249 g/mol. The van der Waals surface area contributed by atoms with Gasteiger partial charge in [-0.1, -0.05) is 45.0 Å². The zero-order valence-electron chi connectivity index (χ0n) is 11.3. The van der Waals surface area contributed by atoms with Crippen LogP contribution in [0.5, 0.6) is 0 Å². The predicted molar refractivity (Wildman–Crippen MR) is 77.8 cm³/mol. The summed E-state index contributed by atoms with van der Waals surface area (Å²) in [7, 11) is 0. The molecule has 2 rings (SSSR count). The minimum atomic E-state index is 0.251. The molecule has 1 aromatic carbocycles. The van der Waals surface area contributed by atoms with Crippen LogP contribution in [0.2, 0.25) is 0 Å². The van der Waals surface area contributed by atoms with Gasteiger partial charge in [0.25, 0.3) is 0 Å². The number of benzene rings is 1. The molecule has 1 aromatic rings. The molecule has 94 valence electrons. The normalized spacial score (nSPS) is 25.9. The van der Waals surface area contributed by atoms with Crippen molar-refractivity contribution in [1.29, 1.82) is 0 Å². The van der Waals surface area contributed by atoms with E-state index in [4.69, 9.17) is 0 Å². The minimum Gasteiger partial charge on any atom is -0.306 e. The van der Waals surface area contributed by atoms with Crippen LogP contribution in [0.4, 0.5) is 0 Å². The topological polar surface area (TPSA) is 12.0 Å². The highest BCUT2D eigenvalue weighted by atomic mass is 32.2. The molecule has 2 atom stereocenters. The number of hydrogen-bond acceptors (Lipinski definition) is 2. The van der Waals surface area contributed by atoms with Crippen LogP contribution >= 0.6 is 11.8 Å². The van der Waals surface area contributed by atoms with Crippen molar-refractivity contribution in [2.75, 3.05) is 11.5 Å². The van der Waals surface area contributed by atoms with Crippen molar-refractivity contribution >= 4 is 11.8 Å². The molecular weight excluding hydrogens is 226 g/mol. The van der Waals surface area contributed by atoms with Crippen LogP contribution in [0, 0.1) is 0 Å². The first-order valence-corrected chi connectivity index (χ1v) is 7.56. The van der Waals surface area contributed by atoms with Gasteiger partial charge in [-0.25, -0.2) is 0 Å². The smallest absolute Gasteiger partial charge is 0.0414 e. The Morgan fingerprint density at radius 2 is 1.76 bits per heavy atom. The Morgan fingerprint density at radius 3 is 2.29 bits per heavy atom. The largest absolute Gasteiger partial charge is 0.306 e. The first-order chi connectivity index (χ1) is 7.97. The van der Waals surface area contributed by atoms with Crippen molar-refractivity contribution in [3.8, 4) is 0 Å². The predicted octanol–water partition coefficient (Wildman–Crippen LogP) is 3.75. The molecule has 0 spiro atoms. The molecule has 0 radical (unpaired) electrons. The average Bonchev–Trinajstić information content (AvgIpc) is 2.28. The van der Waals surface area contributed by atoms with Gasteiger partial charge in [-0.15, -0.1) is 0 Å². The second-order valence-electron chi connectivity index (χ2n) is 6.03. The lowest BCUT2D eigenvalue weighted by atomic mass is 9.86. The maximum absolute atomic E-state index is 3.67. The Kier molecular flexibility index (Phi) is 3.84. The van der Waals surface area contributed by atoms with Gasteiger partial charge >= 0.3 is 0 Å². The summed E-state index contributed by atoms with van der Waals surface area (Å²) in [5.74, 6) is 2.43. The summed E-state index contributed by atoms with van der Waals surface area (Å²) in [6, 6.07) is 10.3. The van der Waals surface area contributed by atoms with Gasteiger partial charge in [0.15, 0.2) is 0 Å². The molecule has 2 heteroatoms. The highest BCUT2D eigenvalue weighted by Crippen LogP contribution is 2.27. The lowest BCUT2D eigenvalue weighted by Gasteiger charge is -2.29. The van der Waals surface area contributed by atoms with Crippen molar-refractivity contribution in [2.45, 2.75) is 45.2 Å². The summed E-state index contributed by atoms with van der Waals surface area (Å²) in [6.45, 7) is 9.05. The van der Waals surface area contributed by atoms with Crippen LogP contribution in [-0.4, -0.2) is 17.5 Å². The zero-order chi connectivity index (χ0) is 12.5. The molecule has 1 aliphatic heterocycles. The lowest BCUT2D eigenvalue weighted by molar-refractivity contribution is 0.502. The van der Waals surface area contributed by atoms with Crippen LogP contribution in [0.25, 0.3) is 0 Å². The molecule has 1 nitrogen and oxygen atoms in total. The van der Waals surface area contributed by atoms with Crippen molar-refractivity contribution in [2.24, 2.45) is 0 Å². The van der Waals surface area contributed by atoms with E-state index in [1.807, 2.05) is 0 Å². The van der Waals surface area contributed by atoms with Gasteiger partial charge in [0.05, 0.1) is 0 Å². The minimum absolute atomic E-state index is 0.251. The Balaban J connectivity index is 2.12. The number of hydrogen-bond donors (Lipinski definition) is 1. The highest BCUT2D eigenvalue weighted by molar-refractivity contribution is 7.99. The molecule has 0 amide bonds. The van der Waals surface area contributed by atoms with Gasteiger partial charge in [0.1, 0.15) is 0 Å². The molecule has 0 aliphatic carbocycles. The van der Waals surface area contributed by atoms with Gasteiger partial charge in [-0.2, -0.15) is 11.8 Å². The van der Waals surface area contributed by atoms with Crippen molar-refractivity contribution in [1.82, 2.24) is 5.32 Å². The number of rotatable bonds is 1. The molecule has 1 aliphatic rings. The Labute approximate surface area is 109 Å². The van der Waals surface area contributed by atoms with Gasteiger partial charge in [0.2, 0.25) is 0 Å².